The molecular formula is C7H6N6S. The van der Waals surface area contributed by atoms with Crippen LogP contribution < -0.4 is 5.32 Å². The minimum Gasteiger partial charge on any atom is -0.347 e. The number of anilines is 1. The topological polar surface area (TPSA) is 90.3 Å². The number of nitriles is 1. The summed E-state index contributed by atoms with van der Waals surface area (Å²) in [6.45, 7) is 0.603. The molecule has 0 atom stereocenters. The molecule has 0 saturated carbocycles. The van der Waals surface area contributed by atoms with Crippen LogP contribution in [0.25, 0.3) is 0 Å². The molecule has 70 valence electrons. The Balaban J connectivity index is 1.96. The average Bonchev–Trinajstić information content (AvgIpc) is 2.86. The van der Waals surface area contributed by atoms with E-state index in [1.54, 1.807) is 0 Å². The fourth-order valence-electron chi connectivity index (χ4n) is 0.935. The smallest absolute Gasteiger partial charge is 0.263 e. The highest BCUT2D eigenvalue weighted by Gasteiger charge is 2.00. The summed E-state index contributed by atoms with van der Waals surface area (Å²) in [6.07, 6.45) is 0. The summed E-state index contributed by atoms with van der Waals surface area (Å²) in [6, 6.07) is 3.90. The third kappa shape index (κ3) is 1.86. The van der Waals surface area contributed by atoms with E-state index < -0.39 is 0 Å². The van der Waals surface area contributed by atoms with Crippen LogP contribution in [0.15, 0.2) is 11.4 Å². The van der Waals surface area contributed by atoms with Gasteiger partial charge in [0.1, 0.15) is 6.07 Å². The minimum absolute atomic E-state index is 0.455. The Morgan fingerprint density at radius 1 is 1.64 bits per heavy atom. The summed E-state index contributed by atoms with van der Waals surface area (Å²) < 4.78 is 0. The van der Waals surface area contributed by atoms with Gasteiger partial charge in [-0.1, -0.05) is 5.10 Å². The predicted molar refractivity (Wildman–Crippen MR) is 50.5 cm³/mol. The van der Waals surface area contributed by atoms with Crippen molar-refractivity contribution in [3.05, 3.63) is 21.9 Å². The maximum Gasteiger partial charge on any atom is 0.263 e. The molecular weight excluding hydrogens is 200 g/mol. The van der Waals surface area contributed by atoms with Gasteiger partial charge >= 0.3 is 0 Å². The Morgan fingerprint density at radius 3 is 3.21 bits per heavy atom. The van der Waals surface area contributed by atoms with E-state index in [4.69, 9.17) is 5.26 Å². The first kappa shape index (κ1) is 8.65. The second kappa shape index (κ2) is 3.85. The maximum absolute atomic E-state index is 8.60. The predicted octanol–water partition coefficient (Wildman–Crippen LogP) is 0.745. The molecule has 2 aromatic rings. The van der Waals surface area contributed by atoms with Crippen LogP contribution in [0, 0.1) is 11.3 Å². The van der Waals surface area contributed by atoms with Crippen molar-refractivity contribution in [2.75, 3.05) is 5.32 Å². The third-order valence-corrected chi connectivity index (χ3v) is 2.49. The third-order valence-electron chi connectivity index (χ3n) is 1.55. The largest absolute Gasteiger partial charge is 0.347 e. The van der Waals surface area contributed by atoms with E-state index in [0.717, 1.165) is 4.88 Å². The highest BCUT2D eigenvalue weighted by atomic mass is 32.1. The summed E-state index contributed by atoms with van der Waals surface area (Å²) >= 11 is 1.52. The number of aromatic nitrogens is 4. The van der Waals surface area contributed by atoms with Gasteiger partial charge < -0.3 is 5.32 Å². The second-order valence-electron chi connectivity index (χ2n) is 2.50. The first-order valence-corrected chi connectivity index (χ1v) is 4.71. The lowest BCUT2D eigenvalue weighted by Crippen LogP contribution is -1.98. The van der Waals surface area contributed by atoms with Crippen molar-refractivity contribution in [2.24, 2.45) is 0 Å². The van der Waals surface area contributed by atoms with Crippen molar-refractivity contribution in [2.45, 2.75) is 6.54 Å². The number of nitrogens with zero attached hydrogens (tertiary/aromatic N) is 4. The van der Waals surface area contributed by atoms with Gasteiger partial charge in [-0.3, -0.25) is 0 Å². The quantitative estimate of drug-likeness (QED) is 0.773. The zero-order chi connectivity index (χ0) is 9.80. The van der Waals surface area contributed by atoms with Crippen molar-refractivity contribution in [1.82, 2.24) is 20.6 Å². The van der Waals surface area contributed by atoms with Gasteiger partial charge in [0, 0.05) is 10.3 Å². The van der Waals surface area contributed by atoms with E-state index >= 15 is 0 Å². The van der Waals surface area contributed by atoms with Gasteiger partial charge in [0.15, 0.2) is 0 Å². The Hall–Kier alpha value is -1.94. The second-order valence-corrected chi connectivity index (χ2v) is 3.50. The lowest BCUT2D eigenvalue weighted by atomic mass is 10.3. The van der Waals surface area contributed by atoms with Gasteiger partial charge in [-0.25, -0.2) is 0 Å². The Bertz CT molecular complexity index is 439. The zero-order valence-electron chi connectivity index (χ0n) is 7.06. The molecule has 0 amide bonds. The molecule has 0 fully saturated rings. The Kier molecular flexibility index (Phi) is 2.38. The van der Waals surface area contributed by atoms with E-state index in [1.165, 1.54) is 11.3 Å². The number of nitrogens with one attached hydrogen (secondary N) is 2. The standard InChI is InChI=1S/C7H6N6S/c8-2-5-1-6(14-4-5)3-9-7-10-12-13-11-7/h1,4H,3H2,(H2,9,10,11,12,13). The molecule has 0 aliphatic rings. The van der Waals surface area contributed by atoms with Crippen LogP contribution in [0.4, 0.5) is 5.95 Å². The van der Waals surface area contributed by atoms with E-state index in [-0.39, 0.29) is 0 Å². The van der Waals surface area contributed by atoms with Crippen molar-refractivity contribution in [3.8, 4) is 6.07 Å². The van der Waals surface area contributed by atoms with Gasteiger partial charge in [0.2, 0.25) is 0 Å². The van der Waals surface area contributed by atoms with Crippen LogP contribution in [-0.4, -0.2) is 20.6 Å². The molecule has 7 heteroatoms. The Morgan fingerprint density at radius 2 is 2.57 bits per heavy atom. The van der Waals surface area contributed by atoms with Crippen LogP contribution in [-0.2, 0) is 6.54 Å². The lowest BCUT2D eigenvalue weighted by molar-refractivity contribution is 0.881. The van der Waals surface area contributed by atoms with Crippen LogP contribution in [0.2, 0.25) is 0 Å². The number of aromatic amines is 1. The summed E-state index contributed by atoms with van der Waals surface area (Å²) in [7, 11) is 0. The molecule has 0 unspecified atom stereocenters. The number of rotatable bonds is 3. The van der Waals surface area contributed by atoms with Gasteiger partial charge in [-0.15, -0.1) is 16.4 Å². The molecule has 6 nitrogen and oxygen atoms in total. The van der Waals surface area contributed by atoms with E-state index in [9.17, 15) is 0 Å². The zero-order valence-corrected chi connectivity index (χ0v) is 7.88. The first-order chi connectivity index (χ1) is 6.88. The normalized spacial score (nSPS) is 9.64. The summed E-state index contributed by atoms with van der Waals surface area (Å²) in [5.74, 6) is 0.455. The lowest BCUT2D eigenvalue weighted by Gasteiger charge is -1.95. The molecule has 0 aliphatic heterocycles. The number of hydrogen-bond donors (Lipinski definition) is 2. The van der Waals surface area contributed by atoms with Crippen molar-refractivity contribution < 1.29 is 0 Å². The number of thiophene rings is 1. The monoisotopic (exact) mass is 206 g/mol. The van der Waals surface area contributed by atoms with E-state index in [1.807, 2.05) is 11.4 Å². The molecule has 0 aromatic carbocycles. The van der Waals surface area contributed by atoms with Crippen LogP contribution in [0.3, 0.4) is 0 Å². The molecule has 14 heavy (non-hydrogen) atoms. The van der Waals surface area contributed by atoms with Gasteiger partial charge in [-0.05, 0) is 11.3 Å². The molecule has 2 rings (SSSR count). The van der Waals surface area contributed by atoms with Crippen molar-refractivity contribution >= 4 is 17.3 Å². The molecule has 0 spiro atoms. The fraction of sp³-hybridized carbons (Fsp3) is 0.143. The van der Waals surface area contributed by atoms with Gasteiger partial charge in [-0.2, -0.15) is 10.5 Å². The first-order valence-electron chi connectivity index (χ1n) is 3.83. The van der Waals surface area contributed by atoms with Crippen molar-refractivity contribution in [3.63, 3.8) is 0 Å². The molecule has 0 saturated heterocycles. The van der Waals surface area contributed by atoms with Crippen molar-refractivity contribution in [1.29, 1.82) is 5.26 Å². The number of H-pyrrole nitrogens is 1. The number of tetrazole rings is 1. The SMILES string of the molecule is N#Cc1csc(CNc2nn[nH]n2)c1. The van der Waals surface area contributed by atoms with Gasteiger partial charge in [0.05, 0.1) is 12.1 Å². The van der Waals surface area contributed by atoms with Gasteiger partial charge in [0.25, 0.3) is 5.95 Å². The molecule has 0 bridgehead atoms. The Labute approximate surface area is 83.6 Å². The summed E-state index contributed by atoms with van der Waals surface area (Å²) in [5, 5.41) is 26.6. The van der Waals surface area contributed by atoms with E-state index in [2.05, 4.69) is 32.0 Å². The molecule has 2 aromatic heterocycles. The summed E-state index contributed by atoms with van der Waals surface area (Å²) in [5.41, 5.74) is 0.680. The fourth-order valence-corrected chi connectivity index (χ4v) is 1.68. The van der Waals surface area contributed by atoms with E-state index in [0.29, 0.717) is 18.1 Å². The minimum atomic E-state index is 0.455. The van der Waals surface area contributed by atoms with Crippen LogP contribution in [0.1, 0.15) is 10.4 Å². The average molecular weight is 206 g/mol. The number of hydrogen-bond acceptors (Lipinski definition) is 6. The van der Waals surface area contributed by atoms with Crippen LogP contribution in [0.5, 0.6) is 0 Å². The molecule has 0 radical (unpaired) electrons. The highest BCUT2D eigenvalue weighted by molar-refractivity contribution is 7.10. The summed E-state index contributed by atoms with van der Waals surface area (Å²) in [4.78, 5) is 1.06. The van der Waals surface area contributed by atoms with Crippen LogP contribution >= 0.6 is 11.3 Å². The maximum atomic E-state index is 8.60. The molecule has 0 aliphatic carbocycles. The molecule has 2 N–H and O–H groups in total. The highest BCUT2D eigenvalue weighted by Crippen LogP contribution is 2.14. The molecule has 2 heterocycles.